The Labute approximate surface area is 127 Å². The molecule has 0 aliphatic carbocycles. The van der Waals surface area contributed by atoms with E-state index >= 15 is 0 Å². The number of unbranched alkanes of at least 4 members (excludes halogenated alkanes) is 3. The van der Waals surface area contributed by atoms with Crippen LogP contribution >= 0.6 is 6.83 Å². The van der Waals surface area contributed by atoms with Gasteiger partial charge in [-0.3, -0.25) is 0 Å². The molecular formula is C17H37O2P. The van der Waals surface area contributed by atoms with Crippen LogP contribution in [0.4, 0.5) is 0 Å². The summed E-state index contributed by atoms with van der Waals surface area (Å²) in [5.74, 6) is 0.00908. The molecule has 20 heavy (non-hydrogen) atoms. The third-order valence-electron chi connectivity index (χ3n) is 4.27. The molecule has 0 aromatic carbocycles. The summed E-state index contributed by atoms with van der Waals surface area (Å²) in [4.78, 5) is 12.3. The Kier molecular flexibility index (Phi) is 8.98. The number of hydrogen-bond donors (Lipinski definition) is 0. The summed E-state index contributed by atoms with van der Waals surface area (Å²) in [6.07, 6.45) is 10.5. The van der Waals surface area contributed by atoms with Gasteiger partial charge in [0.1, 0.15) is 0 Å². The van der Waals surface area contributed by atoms with Gasteiger partial charge >= 0.3 is 126 Å². The van der Waals surface area contributed by atoms with Crippen LogP contribution in [0.15, 0.2) is 0 Å². The SMILES string of the molecule is CCCCP(C)(CCCC)(CCCC)OC(=O)C(C)C. The molecule has 3 heteroatoms. The number of rotatable bonds is 11. The molecule has 0 aromatic rings. The van der Waals surface area contributed by atoms with Crippen molar-refractivity contribution in [3.8, 4) is 0 Å². The first-order valence-corrected chi connectivity index (χ1v) is 11.7. The van der Waals surface area contributed by atoms with E-state index in [1.807, 2.05) is 13.8 Å². The molecule has 0 aromatic heterocycles. The van der Waals surface area contributed by atoms with Crippen LogP contribution in [0.3, 0.4) is 0 Å². The molecule has 2 nitrogen and oxygen atoms in total. The van der Waals surface area contributed by atoms with Crippen LogP contribution in [-0.4, -0.2) is 31.1 Å². The molecule has 0 spiro atoms. The second kappa shape index (κ2) is 9.03. The summed E-state index contributed by atoms with van der Waals surface area (Å²) in [6, 6.07) is 0. The van der Waals surface area contributed by atoms with Crippen LogP contribution in [0.5, 0.6) is 0 Å². The number of hydrogen-bond acceptors (Lipinski definition) is 2. The predicted octanol–water partition coefficient (Wildman–Crippen LogP) is 5.68. The Balaban J connectivity index is 5.21. The van der Waals surface area contributed by atoms with E-state index in [-0.39, 0.29) is 11.9 Å². The molecule has 0 atom stereocenters. The van der Waals surface area contributed by atoms with Gasteiger partial charge in [-0.05, 0) is 0 Å². The van der Waals surface area contributed by atoms with Gasteiger partial charge in [-0.25, -0.2) is 0 Å². The van der Waals surface area contributed by atoms with E-state index in [9.17, 15) is 4.79 Å². The van der Waals surface area contributed by atoms with Gasteiger partial charge < -0.3 is 0 Å². The molecule has 0 N–H and O–H groups in total. The summed E-state index contributed by atoms with van der Waals surface area (Å²) in [7, 11) is 0. The molecule has 0 radical (unpaired) electrons. The van der Waals surface area contributed by atoms with E-state index in [4.69, 9.17) is 4.52 Å². The Hall–Kier alpha value is -0.100. The molecule has 0 bridgehead atoms. The van der Waals surface area contributed by atoms with Gasteiger partial charge in [0.2, 0.25) is 0 Å². The Morgan fingerprint density at radius 3 is 1.50 bits per heavy atom. The summed E-state index contributed by atoms with van der Waals surface area (Å²) < 4.78 is 6.28. The van der Waals surface area contributed by atoms with Crippen molar-refractivity contribution in [2.75, 3.05) is 25.2 Å². The van der Waals surface area contributed by atoms with Crippen LogP contribution in [0, 0.1) is 5.92 Å². The molecule has 0 amide bonds. The Morgan fingerprint density at radius 1 is 0.900 bits per heavy atom. The molecule has 0 heterocycles. The van der Waals surface area contributed by atoms with Crippen LogP contribution in [0.2, 0.25) is 0 Å². The quantitative estimate of drug-likeness (QED) is 0.459. The zero-order valence-electron chi connectivity index (χ0n) is 14.7. The third-order valence-corrected chi connectivity index (χ3v) is 9.76. The van der Waals surface area contributed by atoms with Crippen molar-refractivity contribution < 1.29 is 9.32 Å². The number of carbonyl (C=O) groups excluding carboxylic acids is 1. The summed E-state index contributed by atoms with van der Waals surface area (Å²) in [5.41, 5.74) is 0. The molecule has 0 fully saturated rings. The standard InChI is InChI=1S/C17H37O2P/c1-7-10-13-20(6,14-11-8-2,15-12-9-3)19-17(18)16(4)5/h16H,7-15H2,1-6H3. The second-order valence-corrected chi connectivity index (χ2v) is 12.9. The zero-order valence-corrected chi connectivity index (χ0v) is 15.6. The molecule has 0 aliphatic rings. The normalized spacial score (nSPS) is 14.1. The fourth-order valence-corrected chi connectivity index (χ4v) is 8.02. The molecular weight excluding hydrogens is 267 g/mol. The predicted molar refractivity (Wildman–Crippen MR) is 93.1 cm³/mol. The fourth-order valence-electron chi connectivity index (χ4n) is 2.67. The van der Waals surface area contributed by atoms with Gasteiger partial charge in [-0.1, -0.05) is 0 Å². The molecule has 0 rings (SSSR count). The van der Waals surface area contributed by atoms with E-state index in [1.54, 1.807) is 0 Å². The van der Waals surface area contributed by atoms with E-state index in [0.29, 0.717) is 0 Å². The van der Waals surface area contributed by atoms with E-state index < -0.39 is 6.83 Å². The van der Waals surface area contributed by atoms with Gasteiger partial charge in [-0.15, -0.1) is 0 Å². The van der Waals surface area contributed by atoms with E-state index in [0.717, 1.165) is 18.5 Å². The van der Waals surface area contributed by atoms with E-state index in [1.165, 1.54) is 38.5 Å². The van der Waals surface area contributed by atoms with Crippen LogP contribution < -0.4 is 0 Å². The molecule has 0 aliphatic heterocycles. The van der Waals surface area contributed by atoms with Crippen molar-refractivity contribution in [1.29, 1.82) is 0 Å². The van der Waals surface area contributed by atoms with Gasteiger partial charge in [-0.2, -0.15) is 0 Å². The van der Waals surface area contributed by atoms with Crippen LogP contribution in [0.25, 0.3) is 0 Å². The Morgan fingerprint density at radius 2 is 1.25 bits per heavy atom. The summed E-state index contributed by atoms with van der Waals surface area (Å²) in [5, 5.41) is 0. The summed E-state index contributed by atoms with van der Waals surface area (Å²) in [6.45, 7) is 10.6. The molecule has 0 unspecified atom stereocenters. The van der Waals surface area contributed by atoms with Crippen LogP contribution in [0.1, 0.15) is 73.1 Å². The maximum absolute atomic E-state index is 12.3. The average Bonchev–Trinajstić information content (AvgIpc) is 2.41. The monoisotopic (exact) mass is 304 g/mol. The first kappa shape index (κ1) is 19.9. The number of carbonyl (C=O) groups is 1. The molecule has 122 valence electrons. The first-order valence-electron chi connectivity index (χ1n) is 8.55. The van der Waals surface area contributed by atoms with E-state index in [2.05, 4.69) is 27.4 Å². The van der Waals surface area contributed by atoms with Crippen molar-refractivity contribution in [3.63, 3.8) is 0 Å². The van der Waals surface area contributed by atoms with Gasteiger partial charge in [0, 0.05) is 0 Å². The summed E-state index contributed by atoms with van der Waals surface area (Å²) >= 11 is 0. The zero-order chi connectivity index (χ0) is 15.7. The second-order valence-electron chi connectivity index (χ2n) is 6.99. The van der Waals surface area contributed by atoms with Crippen molar-refractivity contribution in [2.45, 2.75) is 73.1 Å². The average molecular weight is 304 g/mol. The van der Waals surface area contributed by atoms with Gasteiger partial charge in [0.05, 0.1) is 0 Å². The fraction of sp³-hybridized carbons (Fsp3) is 0.941. The third kappa shape index (κ3) is 6.57. The minimum atomic E-state index is -2.32. The Bertz CT molecular complexity index is 262. The van der Waals surface area contributed by atoms with Crippen molar-refractivity contribution in [1.82, 2.24) is 0 Å². The molecule has 0 saturated heterocycles. The topological polar surface area (TPSA) is 26.3 Å². The van der Waals surface area contributed by atoms with Crippen molar-refractivity contribution in [2.24, 2.45) is 5.92 Å². The van der Waals surface area contributed by atoms with Gasteiger partial charge in [0.25, 0.3) is 0 Å². The minimum absolute atomic E-state index is 0.0127. The van der Waals surface area contributed by atoms with Crippen molar-refractivity contribution in [3.05, 3.63) is 0 Å². The van der Waals surface area contributed by atoms with Crippen LogP contribution in [-0.2, 0) is 9.32 Å². The maximum atomic E-state index is 12.3. The molecule has 0 saturated carbocycles. The van der Waals surface area contributed by atoms with Gasteiger partial charge in [0.15, 0.2) is 0 Å². The van der Waals surface area contributed by atoms with Crippen molar-refractivity contribution >= 4 is 12.8 Å². The first-order chi connectivity index (χ1) is 9.31.